The molecular weight excluding hydrogens is 493 g/mol. The highest BCUT2D eigenvalue weighted by Crippen LogP contribution is 2.24. The van der Waals surface area contributed by atoms with Crippen LogP contribution in [0.2, 0.25) is 0 Å². The average molecular weight is 521 g/mol. The van der Waals surface area contributed by atoms with E-state index in [1.807, 2.05) is 84.9 Å². The van der Waals surface area contributed by atoms with Gasteiger partial charge in [-0.1, -0.05) is 36.4 Å². The first-order valence-corrected chi connectivity index (χ1v) is 13.5. The van der Waals surface area contributed by atoms with E-state index in [1.165, 1.54) is 9.79 Å². The largest absolute Gasteiger partial charge is 0.508 e. The van der Waals surface area contributed by atoms with E-state index in [4.69, 9.17) is 12.2 Å². The number of aromatic hydroxyl groups is 2. The lowest BCUT2D eigenvalue weighted by molar-refractivity contribution is 0.474. The number of phenols is 2. The maximum absolute atomic E-state index is 9.18. The van der Waals surface area contributed by atoms with Crippen molar-refractivity contribution in [3.05, 3.63) is 109 Å². The van der Waals surface area contributed by atoms with Gasteiger partial charge in [-0.25, -0.2) is 0 Å². The molecule has 0 radical (unpaired) electrons. The van der Waals surface area contributed by atoms with Gasteiger partial charge in [0.2, 0.25) is 0 Å². The number of anilines is 2. The monoisotopic (exact) mass is 520 g/mol. The fourth-order valence-electron chi connectivity index (χ4n) is 2.86. The van der Waals surface area contributed by atoms with Crippen LogP contribution >= 0.6 is 35.7 Å². The first kappa shape index (κ1) is 26.5. The molecule has 0 unspecified atom stereocenters. The number of nitrogens with one attached hydrogen (secondary N) is 2. The van der Waals surface area contributed by atoms with Crippen molar-refractivity contribution in [2.24, 2.45) is 0 Å². The number of thioether (sulfide) groups is 2. The number of para-hydroxylation sites is 2. The molecule has 0 saturated carbocycles. The van der Waals surface area contributed by atoms with Crippen LogP contribution in [0.1, 0.15) is 6.42 Å². The molecule has 0 amide bonds. The molecular formula is C28H28N2O2S3. The third-order valence-electron chi connectivity index (χ3n) is 4.56. The summed E-state index contributed by atoms with van der Waals surface area (Å²) < 4.78 is 0. The molecule has 0 aliphatic heterocycles. The van der Waals surface area contributed by atoms with Crippen molar-refractivity contribution in [3.8, 4) is 11.5 Å². The van der Waals surface area contributed by atoms with Crippen LogP contribution in [0.15, 0.2) is 119 Å². The van der Waals surface area contributed by atoms with Gasteiger partial charge in [-0.15, -0.1) is 23.5 Å². The van der Waals surface area contributed by atoms with Gasteiger partial charge in [0.15, 0.2) is 5.11 Å². The summed E-state index contributed by atoms with van der Waals surface area (Å²) in [5.74, 6) is 2.76. The Morgan fingerprint density at radius 1 is 0.571 bits per heavy atom. The summed E-state index contributed by atoms with van der Waals surface area (Å²) in [7, 11) is 0. The second kappa shape index (κ2) is 15.0. The molecule has 0 bridgehead atoms. The van der Waals surface area contributed by atoms with Crippen LogP contribution in [0.5, 0.6) is 11.5 Å². The molecule has 0 heterocycles. The molecule has 0 spiro atoms. The molecule has 4 aromatic rings. The van der Waals surface area contributed by atoms with E-state index in [0.29, 0.717) is 16.6 Å². The number of phenolic OH excluding ortho intramolecular Hbond substituents is 2. The van der Waals surface area contributed by atoms with E-state index in [0.717, 1.165) is 29.3 Å². The number of thiocarbonyl (C=S) groups is 1. The predicted octanol–water partition coefficient (Wildman–Crippen LogP) is 7.87. The molecule has 180 valence electrons. The lowest BCUT2D eigenvalue weighted by Crippen LogP contribution is -2.18. The van der Waals surface area contributed by atoms with Gasteiger partial charge in [-0.3, -0.25) is 0 Å². The zero-order valence-electron chi connectivity index (χ0n) is 19.1. The Hall–Kier alpha value is -3.13. The van der Waals surface area contributed by atoms with Crippen molar-refractivity contribution < 1.29 is 10.2 Å². The Morgan fingerprint density at radius 3 is 1.31 bits per heavy atom. The van der Waals surface area contributed by atoms with Crippen molar-refractivity contribution in [1.29, 1.82) is 0 Å². The smallest absolute Gasteiger partial charge is 0.175 e. The Labute approximate surface area is 220 Å². The van der Waals surface area contributed by atoms with Gasteiger partial charge >= 0.3 is 0 Å². The van der Waals surface area contributed by atoms with E-state index in [2.05, 4.69) is 10.6 Å². The first-order chi connectivity index (χ1) is 17.1. The highest BCUT2D eigenvalue weighted by molar-refractivity contribution is 8.00. The fourth-order valence-corrected chi connectivity index (χ4v) is 4.98. The molecule has 0 atom stereocenters. The van der Waals surface area contributed by atoms with Crippen molar-refractivity contribution >= 4 is 52.2 Å². The molecule has 4 N–H and O–H groups in total. The minimum absolute atomic E-state index is 0.312. The van der Waals surface area contributed by atoms with Crippen LogP contribution in [0.4, 0.5) is 11.4 Å². The van der Waals surface area contributed by atoms with Gasteiger partial charge in [0.1, 0.15) is 11.5 Å². The van der Waals surface area contributed by atoms with E-state index < -0.39 is 0 Å². The highest BCUT2D eigenvalue weighted by Gasteiger charge is 1.98. The first-order valence-electron chi connectivity index (χ1n) is 11.1. The quantitative estimate of drug-likeness (QED) is 0.107. The van der Waals surface area contributed by atoms with Gasteiger partial charge in [-0.2, -0.15) is 0 Å². The SMILES string of the molecule is Oc1ccc(SCCCSc2ccc(O)cc2)cc1.S=C(Nc1ccccc1)Nc1ccccc1. The highest BCUT2D eigenvalue weighted by atomic mass is 32.2. The lowest BCUT2D eigenvalue weighted by atomic mass is 10.3. The molecule has 35 heavy (non-hydrogen) atoms. The molecule has 7 heteroatoms. The van der Waals surface area contributed by atoms with Crippen LogP contribution in [0, 0.1) is 0 Å². The summed E-state index contributed by atoms with van der Waals surface area (Å²) in [6.45, 7) is 0. The molecule has 4 rings (SSSR count). The van der Waals surface area contributed by atoms with Gasteiger partial charge < -0.3 is 20.8 Å². The minimum atomic E-state index is 0.312. The topological polar surface area (TPSA) is 64.5 Å². The van der Waals surface area contributed by atoms with E-state index in [1.54, 1.807) is 47.8 Å². The second-order valence-corrected chi connectivity index (χ2v) is 10.1. The van der Waals surface area contributed by atoms with Crippen molar-refractivity contribution in [3.63, 3.8) is 0 Å². The zero-order valence-corrected chi connectivity index (χ0v) is 21.6. The number of hydrogen-bond acceptors (Lipinski definition) is 5. The average Bonchev–Trinajstić information content (AvgIpc) is 2.88. The molecule has 0 aliphatic carbocycles. The summed E-state index contributed by atoms with van der Waals surface area (Å²) in [4.78, 5) is 2.37. The number of benzene rings is 4. The summed E-state index contributed by atoms with van der Waals surface area (Å²) in [5.41, 5.74) is 1.96. The van der Waals surface area contributed by atoms with Crippen molar-refractivity contribution in [2.75, 3.05) is 22.1 Å². The summed E-state index contributed by atoms with van der Waals surface area (Å²) in [6.07, 6.45) is 1.12. The molecule has 0 saturated heterocycles. The van der Waals surface area contributed by atoms with Gasteiger partial charge in [0, 0.05) is 21.2 Å². The standard InChI is InChI=1S/C15H16O2S2.C13H12N2S/c16-12-2-6-14(7-3-12)18-10-1-11-19-15-8-4-13(17)5-9-15;16-13(14-11-7-3-1-4-8-11)15-12-9-5-2-6-10-12/h2-9,16-17H,1,10-11H2;1-10H,(H2,14,15,16). The van der Waals surface area contributed by atoms with Crippen LogP contribution in [0.25, 0.3) is 0 Å². The Bertz CT molecular complexity index is 1050. The van der Waals surface area contributed by atoms with Crippen molar-refractivity contribution in [1.82, 2.24) is 0 Å². The third kappa shape index (κ3) is 10.8. The maximum Gasteiger partial charge on any atom is 0.175 e. The molecule has 0 aliphatic rings. The van der Waals surface area contributed by atoms with E-state index in [-0.39, 0.29) is 0 Å². The van der Waals surface area contributed by atoms with E-state index >= 15 is 0 Å². The van der Waals surface area contributed by atoms with Gasteiger partial charge in [0.05, 0.1) is 0 Å². The number of hydrogen-bond donors (Lipinski definition) is 4. The summed E-state index contributed by atoms with van der Waals surface area (Å²) in [6, 6.07) is 34.3. The van der Waals surface area contributed by atoms with Crippen LogP contribution in [0.3, 0.4) is 0 Å². The minimum Gasteiger partial charge on any atom is -0.508 e. The van der Waals surface area contributed by atoms with Crippen molar-refractivity contribution in [2.45, 2.75) is 16.2 Å². The molecule has 0 fully saturated rings. The third-order valence-corrected chi connectivity index (χ3v) is 6.96. The van der Waals surface area contributed by atoms with E-state index in [9.17, 15) is 10.2 Å². The zero-order chi connectivity index (χ0) is 24.7. The Morgan fingerprint density at radius 2 is 0.943 bits per heavy atom. The number of rotatable bonds is 8. The second-order valence-electron chi connectivity index (χ2n) is 7.35. The summed E-state index contributed by atoms with van der Waals surface area (Å²) >= 11 is 8.80. The fraction of sp³-hybridized carbons (Fsp3) is 0.107. The Balaban J connectivity index is 0.000000198. The maximum atomic E-state index is 9.18. The predicted molar refractivity (Wildman–Crippen MR) is 155 cm³/mol. The van der Waals surface area contributed by atoms with Crippen LogP contribution in [-0.2, 0) is 0 Å². The molecule has 4 nitrogen and oxygen atoms in total. The molecule has 4 aromatic carbocycles. The molecule has 0 aromatic heterocycles. The van der Waals surface area contributed by atoms with Crippen LogP contribution < -0.4 is 10.6 Å². The summed E-state index contributed by atoms with van der Waals surface area (Å²) in [5, 5.41) is 25.2. The van der Waals surface area contributed by atoms with Crippen LogP contribution in [-0.4, -0.2) is 26.8 Å². The Kier molecular flexibility index (Phi) is 11.3. The lowest BCUT2D eigenvalue weighted by Gasteiger charge is -2.09. The van der Waals surface area contributed by atoms with Gasteiger partial charge in [0.25, 0.3) is 0 Å². The van der Waals surface area contributed by atoms with Gasteiger partial charge in [-0.05, 0) is 103 Å². The normalized spacial score (nSPS) is 10.1.